The molecule has 2 N–H and O–H groups in total. The maximum Gasteiger partial charge on any atom is 0.137 e. The molecule has 4 heteroatoms. The molecule has 0 radical (unpaired) electrons. The SMILES string of the molecule is Cc1cn(-c2ccc(CN)cn2)cn1. The molecule has 0 atom stereocenters. The molecule has 0 aliphatic carbocycles. The smallest absolute Gasteiger partial charge is 0.137 e. The Morgan fingerprint density at radius 2 is 2.21 bits per heavy atom. The van der Waals surface area contributed by atoms with Crippen LogP contribution in [0.1, 0.15) is 11.3 Å². The quantitative estimate of drug-likeness (QED) is 0.766. The van der Waals surface area contributed by atoms with Crippen molar-refractivity contribution in [3.8, 4) is 5.82 Å². The van der Waals surface area contributed by atoms with Gasteiger partial charge in [0.25, 0.3) is 0 Å². The van der Waals surface area contributed by atoms with Crippen LogP contribution in [0, 0.1) is 6.92 Å². The predicted molar refractivity (Wildman–Crippen MR) is 54.0 cm³/mol. The van der Waals surface area contributed by atoms with Crippen LogP contribution in [0.25, 0.3) is 5.82 Å². The predicted octanol–water partition coefficient (Wildman–Crippen LogP) is 1.03. The third-order valence-corrected chi connectivity index (χ3v) is 2.02. The molecular formula is C10H12N4. The first-order valence-corrected chi connectivity index (χ1v) is 4.45. The Kier molecular flexibility index (Phi) is 2.28. The lowest BCUT2D eigenvalue weighted by Gasteiger charge is -2.01. The fourth-order valence-electron chi connectivity index (χ4n) is 1.24. The van der Waals surface area contributed by atoms with Crippen molar-refractivity contribution in [2.45, 2.75) is 13.5 Å². The van der Waals surface area contributed by atoms with Gasteiger partial charge in [0.15, 0.2) is 0 Å². The highest BCUT2D eigenvalue weighted by molar-refractivity contribution is 5.25. The minimum atomic E-state index is 0.524. The van der Waals surface area contributed by atoms with Crippen LogP contribution < -0.4 is 5.73 Å². The van der Waals surface area contributed by atoms with E-state index >= 15 is 0 Å². The number of rotatable bonds is 2. The summed E-state index contributed by atoms with van der Waals surface area (Å²) in [7, 11) is 0. The molecule has 4 nitrogen and oxygen atoms in total. The molecular weight excluding hydrogens is 176 g/mol. The van der Waals surface area contributed by atoms with Gasteiger partial charge in [0, 0.05) is 18.9 Å². The van der Waals surface area contributed by atoms with E-state index in [1.807, 2.05) is 29.8 Å². The minimum absolute atomic E-state index is 0.524. The summed E-state index contributed by atoms with van der Waals surface area (Å²) in [5.74, 6) is 0.864. The fraction of sp³-hybridized carbons (Fsp3) is 0.200. The Morgan fingerprint density at radius 3 is 2.71 bits per heavy atom. The minimum Gasteiger partial charge on any atom is -0.326 e. The monoisotopic (exact) mass is 188 g/mol. The van der Waals surface area contributed by atoms with E-state index in [9.17, 15) is 0 Å². The van der Waals surface area contributed by atoms with Gasteiger partial charge in [-0.3, -0.25) is 4.57 Å². The van der Waals surface area contributed by atoms with Crippen LogP contribution in [0.3, 0.4) is 0 Å². The van der Waals surface area contributed by atoms with E-state index in [1.54, 1.807) is 12.5 Å². The fourth-order valence-corrected chi connectivity index (χ4v) is 1.24. The number of hydrogen-bond donors (Lipinski definition) is 1. The van der Waals surface area contributed by atoms with E-state index in [-0.39, 0.29) is 0 Å². The van der Waals surface area contributed by atoms with E-state index in [2.05, 4.69) is 9.97 Å². The first-order chi connectivity index (χ1) is 6.79. The molecule has 2 aromatic heterocycles. The van der Waals surface area contributed by atoms with Gasteiger partial charge in [0.05, 0.1) is 5.69 Å². The van der Waals surface area contributed by atoms with Crippen LogP contribution >= 0.6 is 0 Å². The van der Waals surface area contributed by atoms with E-state index in [4.69, 9.17) is 5.73 Å². The van der Waals surface area contributed by atoms with Crippen molar-refractivity contribution >= 4 is 0 Å². The molecule has 72 valence electrons. The normalized spacial score (nSPS) is 10.4. The summed E-state index contributed by atoms with van der Waals surface area (Å²) >= 11 is 0. The lowest BCUT2D eigenvalue weighted by molar-refractivity contribution is 0.968. The highest BCUT2D eigenvalue weighted by atomic mass is 15.1. The van der Waals surface area contributed by atoms with Crippen molar-refractivity contribution < 1.29 is 0 Å². The summed E-state index contributed by atoms with van der Waals surface area (Å²) in [4.78, 5) is 8.41. The van der Waals surface area contributed by atoms with Gasteiger partial charge in [-0.2, -0.15) is 0 Å². The molecule has 0 amide bonds. The Balaban J connectivity index is 2.33. The molecule has 0 bridgehead atoms. The zero-order valence-corrected chi connectivity index (χ0v) is 8.01. The summed E-state index contributed by atoms with van der Waals surface area (Å²) in [6, 6.07) is 3.90. The molecule has 0 aliphatic rings. The molecule has 0 aromatic carbocycles. The molecule has 14 heavy (non-hydrogen) atoms. The number of hydrogen-bond acceptors (Lipinski definition) is 3. The average molecular weight is 188 g/mol. The zero-order chi connectivity index (χ0) is 9.97. The number of nitrogens with zero attached hydrogens (tertiary/aromatic N) is 3. The lowest BCUT2D eigenvalue weighted by atomic mass is 10.3. The van der Waals surface area contributed by atoms with Gasteiger partial charge in [-0.1, -0.05) is 6.07 Å². The molecule has 0 fully saturated rings. The number of nitrogens with two attached hydrogens (primary N) is 1. The van der Waals surface area contributed by atoms with Crippen molar-refractivity contribution in [2.24, 2.45) is 5.73 Å². The molecule has 0 unspecified atom stereocenters. The second kappa shape index (κ2) is 3.59. The third-order valence-electron chi connectivity index (χ3n) is 2.02. The maximum absolute atomic E-state index is 5.48. The highest BCUT2D eigenvalue weighted by Crippen LogP contribution is 2.06. The van der Waals surface area contributed by atoms with Gasteiger partial charge in [-0.15, -0.1) is 0 Å². The molecule has 0 saturated carbocycles. The standard InChI is InChI=1S/C10H12N4/c1-8-6-14(7-13-8)10-3-2-9(4-11)5-12-10/h2-3,5-7H,4,11H2,1H3. The summed E-state index contributed by atoms with van der Waals surface area (Å²) in [6.45, 7) is 2.47. The average Bonchev–Trinajstić information content (AvgIpc) is 2.65. The third kappa shape index (κ3) is 1.65. The first-order valence-electron chi connectivity index (χ1n) is 4.45. The number of aromatic nitrogens is 3. The molecule has 0 saturated heterocycles. The van der Waals surface area contributed by atoms with E-state index < -0.39 is 0 Å². The molecule has 2 aromatic rings. The van der Waals surface area contributed by atoms with Crippen LogP contribution in [-0.4, -0.2) is 14.5 Å². The van der Waals surface area contributed by atoms with Crippen molar-refractivity contribution in [3.63, 3.8) is 0 Å². The zero-order valence-electron chi connectivity index (χ0n) is 8.01. The Morgan fingerprint density at radius 1 is 1.36 bits per heavy atom. The van der Waals surface area contributed by atoms with Crippen LogP contribution in [0.15, 0.2) is 30.9 Å². The summed E-state index contributed by atoms with van der Waals surface area (Å²) in [5, 5.41) is 0. The van der Waals surface area contributed by atoms with Gasteiger partial charge < -0.3 is 5.73 Å². The highest BCUT2D eigenvalue weighted by Gasteiger charge is 1.98. The summed E-state index contributed by atoms with van der Waals surface area (Å²) in [6.07, 6.45) is 5.47. The topological polar surface area (TPSA) is 56.7 Å². The van der Waals surface area contributed by atoms with Gasteiger partial charge in [0.1, 0.15) is 12.1 Å². The van der Waals surface area contributed by atoms with E-state index in [1.165, 1.54) is 0 Å². The van der Waals surface area contributed by atoms with Crippen molar-refractivity contribution in [3.05, 3.63) is 42.1 Å². The van der Waals surface area contributed by atoms with E-state index in [0.717, 1.165) is 17.1 Å². The maximum atomic E-state index is 5.48. The Labute approximate surface area is 82.4 Å². The summed E-state index contributed by atoms with van der Waals surface area (Å²) < 4.78 is 1.88. The molecule has 0 aliphatic heterocycles. The van der Waals surface area contributed by atoms with Crippen LogP contribution in [0.4, 0.5) is 0 Å². The van der Waals surface area contributed by atoms with Gasteiger partial charge in [-0.05, 0) is 18.6 Å². The van der Waals surface area contributed by atoms with Crippen LogP contribution in [0.5, 0.6) is 0 Å². The Bertz CT molecular complexity index is 416. The van der Waals surface area contributed by atoms with Gasteiger partial charge >= 0.3 is 0 Å². The number of imidazole rings is 1. The van der Waals surface area contributed by atoms with E-state index in [0.29, 0.717) is 6.54 Å². The lowest BCUT2D eigenvalue weighted by Crippen LogP contribution is -1.99. The van der Waals surface area contributed by atoms with Crippen LogP contribution in [-0.2, 0) is 6.54 Å². The van der Waals surface area contributed by atoms with Crippen molar-refractivity contribution in [1.82, 2.24) is 14.5 Å². The second-order valence-corrected chi connectivity index (χ2v) is 3.15. The van der Waals surface area contributed by atoms with Gasteiger partial charge in [0.2, 0.25) is 0 Å². The van der Waals surface area contributed by atoms with Gasteiger partial charge in [-0.25, -0.2) is 9.97 Å². The van der Waals surface area contributed by atoms with Crippen LogP contribution in [0.2, 0.25) is 0 Å². The number of pyridine rings is 1. The molecule has 2 heterocycles. The second-order valence-electron chi connectivity index (χ2n) is 3.15. The first kappa shape index (κ1) is 8.90. The molecule has 0 spiro atoms. The largest absolute Gasteiger partial charge is 0.326 e. The molecule has 2 rings (SSSR count). The van der Waals surface area contributed by atoms with Crippen molar-refractivity contribution in [2.75, 3.05) is 0 Å². The summed E-state index contributed by atoms with van der Waals surface area (Å²) in [5.41, 5.74) is 7.50. The Hall–Kier alpha value is -1.68. The van der Waals surface area contributed by atoms with Crippen molar-refractivity contribution in [1.29, 1.82) is 0 Å². The number of aryl methyl sites for hydroxylation is 1.